The highest BCUT2D eigenvalue weighted by atomic mass is 19.1. The molecule has 1 fully saturated rings. The summed E-state index contributed by atoms with van der Waals surface area (Å²) in [7, 11) is 0. The van der Waals surface area contributed by atoms with Crippen molar-refractivity contribution in [3.05, 3.63) is 65.4 Å². The van der Waals surface area contributed by atoms with Crippen molar-refractivity contribution in [3.63, 3.8) is 0 Å². The van der Waals surface area contributed by atoms with Crippen LogP contribution in [0.25, 0.3) is 10.9 Å². The topological polar surface area (TPSA) is 52.2 Å². The zero-order chi connectivity index (χ0) is 18.8. The molecule has 1 saturated heterocycles. The molecule has 1 N–H and O–H groups in total. The first-order valence-electron chi connectivity index (χ1n) is 9.30. The fourth-order valence-corrected chi connectivity index (χ4v) is 3.68. The van der Waals surface area contributed by atoms with Crippen molar-refractivity contribution in [2.75, 3.05) is 32.7 Å². The van der Waals surface area contributed by atoms with Gasteiger partial charge in [-0.2, -0.15) is 0 Å². The number of nitrogens with zero attached hydrogens (tertiary/aromatic N) is 3. The lowest BCUT2D eigenvalue weighted by Gasteiger charge is -2.34. The summed E-state index contributed by atoms with van der Waals surface area (Å²) in [6, 6.07) is 8.66. The fraction of sp³-hybridized carbons (Fsp3) is 0.333. The molecule has 1 aliphatic heterocycles. The Morgan fingerprint density at radius 1 is 1.15 bits per heavy atom. The number of amides is 1. The minimum Gasteiger partial charge on any atom is -0.350 e. The Hall–Kier alpha value is -2.73. The summed E-state index contributed by atoms with van der Waals surface area (Å²) in [6.45, 7) is 6.00. The third-order valence-electron chi connectivity index (χ3n) is 5.36. The Bertz CT molecular complexity index is 945. The Labute approximate surface area is 157 Å². The summed E-state index contributed by atoms with van der Waals surface area (Å²) < 4.78 is 13.5. The van der Waals surface area contributed by atoms with E-state index in [4.69, 9.17) is 0 Å². The minimum atomic E-state index is -0.286. The van der Waals surface area contributed by atoms with E-state index in [9.17, 15) is 9.18 Å². The molecule has 3 heterocycles. The number of halogens is 1. The van der Waals surface area contributed by atoms with E-state index in [0.717, 1.165) is 42.5 Å². The minimum absolute atomic E-state index is 0.00195. The second-order valence-corrected chi connectivity index (χ2v) is 7.05. The van der Waals surface area contributed by atoms with Gasteiger partial charge in [0.2, 0.25) is 0 Å². The van der Waals surface area contributed by atoms with Gasteiger partial charge < -0.3 is 9.88 Å². The summed E-state index contributed by atoms with van der Waals surface area (Å²) in [5, 5.41) is 0.773. The molecule has 0 bridgehead atoms. The number of nitrogens with one attached hydrogen (secondary N) is 1. The molecule has 1 aliphatic rings. The van der Waals surface area contributed by atoms with Gasteiger partial charge in [0.05, 0.1) is 0 Å². The largest absolute Gasteiger partial charge is 0.350 e. The van der Waals surface area contributed by atoms with Crippen LogP contribution >= 0.6 is 0 Å². The molecule has 2 aromatic heterocycles. The van der Waals surface area contributed by atoms with Crippen LogP contribution in [0.3, 0.4) is 0 Å². The lowest BCUT2D eigenvalue weighted by atomic mass is 10.1. The Morgan fingerprint density at radius 2 is 1.89 bits per heavy atom. The molecule has 5 nitrogen and oxygen atoms in total. The molecule has 0 spiro atoms. The maximum absolute atomic E-state index is 13.5. The molecule has 140 valence electrons. The van der Waals surface area contributed by atoms with Crippen molar-refractivity contribution >= 4 is 16.8 Å². The number of aromatic amines is 1. The zero-order valence-corrected chi connectivity index (χ0v) is 15.4. The molecule has 27 heavy (non-hydrogen) atoms. The smallest absolute Gasteiger partial charge is 0.270 e. The van der Waals surface area contributed by atoms with Crippen molar-refractivity contribution in [2.24, 2.45) is 0 Å². The first-order valence-corrected chi connectivity index (χ1v) is 9.30. The van der Waals surface area contributed by atoms with E-state index in [1.807, 2.05) is 36.4 Å². The number of rotatable bonds is 4. The normalized spacial score (nSPS) is 15.4. The first-order chi connectivity index (χ1) is 13.1. The van der Waals surface area contributed by atoms with E-state index >= 15 is 0 Å². The Morgan fingerprint density at radius 3 is 2.63 bits per heavy atom. The summed E-state index contributed by atoms with van der Waals surface area (Å²) in [6.07, 6.45) is 4.63. The summed E-state index contributed by atoms with van der Waals surface area (Å²) in [5.41, 5.74) is 3.47. The summed E-state index contributed by atoms with van der Waals surface area (Å²) in [5.74, 6) is -0.288. The summed E-state index contributed by atoms with van der Waals surface area (Å²) >= 11 is 0. The van der Waals surface area contributed by atoms with Crippen LogP contribution < -0.4 is 0 Å². The van der Waals surface area contributed by atoms with Gasteiger partial charge in [0.15, 0.2) is 0 Å². The molecule has 3 aromatic rings. The highest BCUT2D eigenvalue weighted by Crippen LogP contribution is 2.24. The van der Waals surface area contributed by atoms with Crippen LogP contribution in [0, 0.1) is 12.7 Å². The van der Waals surface area contributed by atoms with Crippen molar-refractivity contribution in [3.8, 4) is 0 Å². The summed E-state index contributed by atoms with van der Waals surface area (Å²) in [4.78, 5) is 24.4. The number of piperazine rings is 1. The number of pyridine rings is 1. The van der Waals surface area contributed by atoms with Crippen molar-refractivity contribution in [2.45, 2.75) is 13.3 Å². The number of aromatic nitrogens is 2. The number of H-pyrrole nitrogens is 1. The SMILES string of the molecule is Cc1c(C(=O)N2CCN(CCc3ccncc3)CC2)[nH]c2ccc(F)cc12. The maximum Gasteiger partial charge on any atom is 0.270 e. The zero-order valence-electron chi connectivity index (χ0n) is 15.4. The molecule has 6 heteroatoms. The van der Waals surface area contributed by atoms with E-state index in [-0.39, 0.29) is 11.7 Å². The molecule has 1 aromatic carbocycles. The van der Waals surface area contributed by atoms with Gasteiger partial charge in [0.25, 0.3) is 5.91 Å². The standard InChI is InChI=1S/C21H23FN4O/c1-15-18-14-17(22)2-3-19(18)24-20(15)21(27)26-12-10-25(11-13-26)9-6-16-4-7-23-8-5-16/h2-5,7-8,14,24H,6,9-13H2,1H3. The number of fused-ring (bicyclic) bond motifs is 1. The van der Waals surface area contributed by atoms with Crippen molar-refractivity contribution in [1.29, 1.82) is 0 Å². The van der Waals surface area contributed by atoms with Gasteiger partial charge in [0.1, 0.15) is 11.5 Å². The van der Waals surface area contributed by atoms with Crippen LogP contribution in [0.5, 0.6) is 0 Å². The lowest BCUT2D eigenvalue weighted by molar-refractivity contribution is 0.0633. The van der Waals surface area contributed by atoms with Crippen LogP contribution in [-0.4, -0.2) is 58.4 Å². The maximum atomic E-state index is 13.5. The molecule has 0 atom stereocenters. The van der Waals surface area contributed by atoms with Crippen LogP contribution in [0.1, 0.15) is 21.6 Å². The second kappa shape index (κ2) is 7.48. The molecule has 1 amide bonds. The molecular weight excluding hydrogens is 343 g/mol. The molecule has 4 rings (SSSR count). The van der Waals surface area contributed by atoms with Crippen LogP contribution in [0.2, 0.25) is 0 Å². The molecular formula is C21H23FN4O. The second-order valence-electron chi connectivity index (χ2n) is 7.05. The molecule has 0 aliphatic carbocycles. The van der Waals surface area contributed by atoms with Crippen molar-refractivity contribution in [1.82, 2.24) is 19.8 Å². The van der Waals surface area contributed by atoms with Gasteiger partial charge in [-0.25, -0.2) is 4.39 Å². The van der Waals surface area contributed by atoms with E-state index in [2.05, 4.69) is 14.9 Å². The number of hydrogen-bond donors (Lipinski definition) is 1. The Balaban J connectivity index is 1.38. The monoisotopic (exact) mass is 366 g/mol. The number of benzene rings is 1. The predicted octanol–water partition coefficient (Wildman–Crippen LogP) is 3.01. The Kier molecular flexibility index (Phi) is 4.90. The highest BCUT2D eigenvalue weighted by molar-refractivity contribution is 6.00. The van der Waals surface area contributed by atoms with E-state index < -0.39 is 0 Å². The molecule has 0 unspecified atom stereocenters. The van der Waals surface area contributed by atoms with Gasteiger partial charge in [-0.05, 0) is 54.8 Å². The third-order valence-corrected chi connectivity index (χ3v) is 5.36. The number of carbonyl (C=O) groups is 1. The van der Waals surface area contributed by atoms with Gasteiger partial charge in [-0.3, -0.25) is 14.7 Å². The quantitative estimate of drug-likeness (QED) is 0.772. The van der Waals surface area contributed by atoms with Crippen LogP contribution in [0.15, 0.2) is 42.7 Å². The van der Waals surface area contributed by atoms with Crippen molar-refractivity contribution < 1.29 is 9.18 Å². The first kappa shape index (κ1) is 17.7. The molecule has 0 radical (unpaired) electrons. The van der Waals surface area contributed by atoms with E-state index in [1.54, 1.807) is 6.07 Å². The number of carbonyl (C=O) groups excluding carboxylic acids is 1. The predicted molar refractivity (Wildman–Crippen MR) is 103 cm³/mol. The van der Waals surface area contributed by atoms with Crippen LogP contribution in [-0.2, 0) is 6.42 Å². The number of aryl methyl sites for hydroxylation is 1. The average molecular weight is 366 g/mol. The van der Waals surface area contributed by atoms with E-state index in [0.29, 0.717) is 18.8 Å². The third kappa shape index (κ3) is 3.71. The average Bonchev–Trinajstić information content (AvgIpc) is 3.03. The van der Waals surface area contributed by atoms with Crippen LogP contribution in [0.4, 0.5) is 4.39 Å². The van der Waals surface area contributed by atoms with Gasteiger partial charge in [0, 0.05) is 56.0 Å². The fourth-order valence-electron chi connectivity index (χ4n) is 3.68. The number of hydrogen-bond acceptors (Lipinski definition) is 3. The molecule has 0 saturated carbocycles. The van der Waals surface area contributed by atoms with Gasteiger partial charge in [-0.15, -0.1) is 0 Å². The highest BCUT2D eigenvalue weighted by Gasteiger charge is 2.25. The van der Waals surface area contributed by atoms with Gasteiger partial charge in [-0.1, -0.05) is 0 Å². The van der Waals surface area contributed by atoms with E-state index in [1.165, 1.54) is 17.7 Å². The van der Waals surface area contributed by atoms with Gasteiger partial charge >= 0.3 is 0 Å². The lowest BCUT2D eigenvalue weighted by Crippen LogP contribution is -2.49.